The summed E-state index contributed by atoms with van der Waals surface area (Å²) in [6, 6.07) is 1.61. The molecule has 2 aliphatic heterocycles. The van der Waals surface area contributed by atoms with Gasteiger partial charge in [0, 0.05) is 28.5 Å². The molecule has 0 N–H and O–H groups in total. The summed E-state index contributed by atoms with van der Waals surface area (Å²) in [6.07, 6.45) is 7.33. The predicted octanol–water partition coefficient (Wildman–Crippen LogP) is 3.03. The number of rotatable bonds is 2. The third-order valence-electron chi connectivity index (χ3n) is 3.63. The molecule has 0 saturated carbocycles. The molecule has 2 unspecified atom stereocenters. The third kappa shape index (κ3) is 1.99. The van der Waals surface area contributed by atoms with Gasteiger partial charge in [-0.3, -0.25) is 4.90 Å². The minimum atomic E-state index is 0.752. The maximum Gasteiger partial charge on any atom is 0.107 e. The van der Waals surface area contributed by atoms with Crippen molar-refractivity contribution in [2.75, 3.05) is 0 Å². The molecule has 2 bridgehead atoms. The lowest BCUT2D eigenvalue weighted by Gasteiger charge is -2.36. The molecule has 0 aliphatic carbocycles. The quantitative estimate of drug-likeness (QED) is 0.777. The molecule has 0 amide bonds. The summed E-state index contributed by atoms with van der Waals surface area (Å²) in [5.74, 6) is 0. The average Bonchev–Trinajstić information content (AvgIpc) is 2.77. The number of piperidine rings is 1. The number of thiazole rings is 1. The van der Waals surface area contributed by atoms with Gasteiger partial charge in [-0.05, 0) is 25.7 Å². The van der Waals surface area contributed by atoms with Gasteiger partial charge in [0.1, 0.15) is 5.01 Å². The molecular weight excluding hydrogens is 272 g/mol. The Bertz CT molecular complexity index is 313. The summed E-state index contributed by atoms with van der Waals surface area (Å²) in [7, 11) is 0. The predicted molar refractivity (Wildman–Crippen MR) is 66.4 cm³/mol. The van der Waals surface area contributed by atoms with E-state index in [1.807, 2.05) is 6.20 Å². The van der Waals surface area contributed by atoms with Crippen LogP contribution >= 0.6 is 27.3 Å². The van der Waals surface area contributed by atoms with Crippen LogP contribution in [0.5, 0.6) is 0 Å². The van der Waals surface area contributed by atoms with Crippen molar-refractivity contribution in [1.82, 2.24) is 9.88 Å². The summed E-state index contributed by atoms with van der Waals surface area (Å²) >= 11 is 5.56. The maximum absolute atomic E-state index is 4.39. The van der Waals surface area contributed by atoms with Crippen LogP contribution in [0, 0.1) is 0 Å². The lowest BCUT2D eigenvalue weighted by atomic mass is 10.0. The van der Waals surface area contributed by atoms with Gasteiger partial charge in [-0.15, -0.1) is 11.3 Å². The highest BCUT2D eigenvalue weighted by molar-refractivity contribution is 9.09. The van der Waals surface area contributed by atoms with Crippen LogP contribution in [-0.2, 0) is 6.54 Å². The van der Waals surface area contributed by atoms with Gasteiger partial charge < -0.3 is 0 Å². The molecule has 15 heavy (non-hydrogen) atoms. The minimum absolute atomic E-state index is 0.752. The lowest BCUT2D eigenvalue weighted by Crippen LogP contribution is -2.42. The number of nitrogens with zero attached hydrogens (tertiary/aromatic N) is 2. The van der Waals surface area contributed by atoms with E-state index in [0.717, 1.165) is 23.5 Å². The Morgan fingerprint density at radius 2 is 2.13 bits per heavy atom. The number of hydrogen-bond acceptors (Lipinski definition) is 3. The van der Waals surface area contributed by atoms with E-state index >= 15 is 0 Å². The van der Waals surface area contributed by atoms with E-state index in [9.17, 15) is 0 Å². The van der Waals surface area contributed by atoms with E-state index in [1.165, 1.54) is 30.7 Å². The molecule has 0 radical (unpaired) electrons. The summed E-state index contributed by atoms with van der Waals surface area (Å²) < 4.78 is 0. The van der Waals surface area contributed by atoms with Gasteiger partial charge in [-0.1, -0.05) is 15.9 Å². The van der Waals surface area contributed by atoms with Crippen LogP contribution in [0.25, 0.3) is 0 Å². The fraction of sp³-hybridized carbons (Fsp3) is 0.727. The Labute approximate surface area is 103 Å². The second kappa shape index (κ2) is 4.15. The maximum atomic E-state index is 4.39. The largest absolute Gasteiger partial charge is 0.291 e. The first-order chi connectivity index (χ1) is 7.33. The minimum Gasteiger partial charge on any atom is -0.291 e. The number of hydrogen-bond donors (Lipinski definition) is 0. The van der Waals surface area contributed by atoms with Crippen molar-refractivity contribution in [2.24, 2.45) is 0 Å². The summed E-state index contributed by atoms with van der Waals surface area (Å²) in [5, 5.41) is 3.36. The molecule has 3 heterocycles. The van der Waals surface area contributed by atoms with Crippen molar-refractivity contribution in [3.8, 4) is 0 Å². The molecule has 2 fully saturated rings. The fourth-order valence-electron chi connectivity index (χ4n) is 2.95. The van der Waals surface area contributed by atoms with E-state index < -0.39 is 0 Å². The fourth-order valence-corrected chi connectivity index (χ4v) is 4.44. The molecule has 4 heteroatoms. The molecule has 1 aromatic rings. The van der Waals surface area contributed by atoms with Crippen molar-refractivity contribution in [3.05, 3.63) is 16.6 Å². The number of fused-ring (bicyclic) bond motifs is 2. The Balaban J connectivity index is 1.72. The molecule has 82 valence electrons. The first-order valence-electron chi connectivity index (χ1n) is 5.61. The first kappa shape index (κ1) is 10.2. The second-order valence-electron chi connectivity index (χ2n) is 4.55. The lowest BCUT2D eigenvalue weighted by molar-refractivity contribution is 0.137. The Morgan fingerprint density at radius 1 is 1.40 bits per heavy atom. The highest BCUT2D eigenvalue weighted by Crippen LogP contribution is 2.39. The van der Waals surface area contributed by atoms with Crippen LogP contribution in [-0.4, -0.2) is 26.8 Å². The molecule has 3 rings (SSSR count). The van der Waals surface area contributed by atoms with Crippen LogP contribution in [0.1, 0.15) is 30.7 Å². The molecule has 2 aliphatic rings. The van der Waals surface area contributed by atoms with Crippen molar-refractivity contribution in [2.45, 2.75) is 49.1 Å². The molecule has 2 atom stereocenters. The van der Waals surface area contributed by atoms with Gasteiger partial charge >= 0.3 is 0 Å². The second-order valence-corrected chi connectivity index (χ2v) is 6.83. The Hall–Kier alpha value is 0.0700. The van der Waals surface area contributed by atoms with E-state index in [0.29, 0.717) is 0 Å². The monoisotopic (exact) mass is 286 g/mol. The van der Waals surface area contributed by atoms with Crippen LogP contribution < -0.4 is 0 Å². The topological polar surface area (TPSA) is 16.1 Å². The highest BCUT2D eigenvalue weighted by Gasteiger charge is 2.39. The van der Waals surface area contributed by atoms with Gasteiger partial charge in [0.25, 0.3) is 0 Å². The SMILES string of the molecule is BrC1CC2CCC(C1)N2Cc1nccs1. The van der Waals surface area contributed by atoms with E-state index in [2.05, 4.69) is 31.2 Å². The van der Waals surface area contributed by atoms with Crippen molar-refractivity contribution in [1.29, 1.82) is 0 Å². The molecule has 2 nitrogen and oxygen atoms in total. The normalized spacial score (nSPS) is 35.9. The van der Waals surface area contributed by atoms with E-state index in [-0.39, 0.29) is 0 Å². The third-order valence-corrected chi connectivity index (χ3v) is 5.14. The molecule has 2 saturated heterocycles. The molecular formula is C11H15BrN2S. The average molecular weight is 287 g/mol. The van der Waals surface area contributed by atoms with Crippen LogP contribution in [0.3, 0.4) is 0 Å². The van der Waals surface area contributed by atoms with E-state index in [1.54, 1.807) is 11.3 Å². The zero-order chi connectivity index (χ0) is 10.3. The number of aromatic nitrogens is 1. The van der Waals surface area contributed by atoms with Crippen LogP contribution in [0.4, 0.5) is 0 Å². The smallest absolute Gasteiger partial charge is 0.107 e. The van der Waals surface area contributed by atoms with Gasteiger partial charge in [0.2, 0.25) is 0 Å². The molecule has 0 aromatic carbocycles. The summed E-state index contributed by atoms with van der Waals surface area (Å²) in [6.45, 7) is 1.08. The summed E-state index contributed by atoms with van der Waals surface area (Å²) in [4.78, 5) is 7.82. The van der Waals surface area contributed by atoms with Gasteiger partial charge in [0.15, 0.2) is 0 Å². The van der Waals surface area contributed by atoms with E-state index in [4.69, 9.17) is 0 Å². The number of halogens is 1. The van der Waals surface area contributed by atoms with Crippen molar-refractivity contribution >= 4 is 27.3 Å². The zero-order valence-electron chi connectivity index (χ0n) is 8.60. The molecule has 0 spiro atoms. The molecule has 1 aromatic heterocycles. The van der Waals surface area contributed by atoms with Crippen LogP contribution in [0.2, 0.25) is 0 Å². The number of alkyl halides is 1. The van der Waals surface area contributed by atoms with Crippen LogP contribution in [0.15, 0.2) is 11.6 Å². The standard InChI is InChI=1S/C11H15BrN2S/c12-8-5-9-1-2-10(6-8)14(9)7-11-13-3-4-15-11/h3-4,8-10H,1-2,5-7H2. The Morgan fingerprint density at radius 3 is 2.73 bits per heavy atom. The Kier molecular flexibility index (Phi) is 2.83. The van der Waals surface area contributed by atoms with Gasteiger partial charge in [-0.2, -0.15) is 0 Å². The van der Waals surface area contributed by atoms with Gasteiger partial charge in [0.05, 0.1) is 6.54 Å². The summed E-state index contributed by atoms with van der Waals surface area (Å²) in [5.41, 5.74) is 0. The highest BCUT2D eigenvalue weighted by atomic mass is 79.9. The van der Waals surface area contributed by atoms with Crippen molar-refractivity contribution < 1.29 is 0 Å². The van der Waals surface area contributed by atoms with Crippen molar-refractivity contribution in [3.63, 3.8) is 0 Å². The first-order valence-corrected chi connectivity index (χ1v) is 7.40. The zero-order valence-corrected chi connectivity index (χ0v) is 11.0. The van der Waals surface area contributed by atoms with Gasteiger partial charge in [-0.25, -0.2) is 4.98 Å².